The van der Waals surface area contributed by atoms with Gasteiger partial charge in [0.25, 0.3) is 0 Å². The summed E-state index contributed by atoms with van der Waals surface area (Å²) in [5.41, 5.74) is -1.03. The maximum atomic E-state index is 14.6. The molecule has 1 aromatic rings. The van der Waals surface area contributed by atoms with E-state index in [1.807, 2.05) is 5.32 Å². The zero-order valence-corrected chi connectivity index (χ0v) is 17.9. The number of esters is 2. The molecule has 1 aliphatic heterocycles. The average Bonchev–Trinajstić information content (AvgIpc) is 3.04. The summed E-state index contributed by atoms with van der Waals surface area (Å²) < 4.78 is 36.4. The quantitative estimate of drug-likeness (QED) is 0.313. The molecule has 33 heavy (non-hydrogen) atoms. The summed E-state index contributed by atoms with van der Waals surface area (Å²) in [4.78, 5) is 51.8. The number of hydrogen-bond acceptors (Lipinski definition) is 9. The normalized spacial score (nSPS) is 21.5. The van der Waals surface area contributed by atoms with Crippen molar-refractivity contribution in [2.24, 2.45) is 0 Å². The van der Waals surface area contributed by atoms with Gasteiger partial charge < -0.3 is 18.9 Å². The van der Waals surface area contributed by atoms with E-state index in [-0.39, 0.29) is 19.4 Å². The Kier molecular flexibility index (Phi) is 9.04. The topological polar surface area (TPSA) is 135 Å². The highest BCUT2D eigenvalue weighted by Crippen LogP contribution is 2.33. The van der Waals surface area contributed by atoms with Crippen molar-refractivity contribution in [3.63, 3.8) is 0 Å². The molecule has 0 bridgehead atoms. The Morgan fingerprint density at radius 1 is 1.15 bits per heavy atom. The van der Waals surface area contributed by atoms with Crippen LogP contribution in [0.25, 0.3) is 0 Å². The minimum atomic E-state index is -1.37. The van der Waals surface area contributed by atoms with Crippen LogP contribution in [-0.4, -0.2) is 52.5 Å². The van der Waals surface area contributed by atoms with Crippen LogP contribution in [0.5, 0.6) is 0 Å². The van der Waals surface area contributed by atoms with Gasteiger partial charge in [0, 0.05) is 0 Å². The molecule has 0 aliphatic carbocycles. The number of hydrogen-bond donors (Lipinski definition) is 1. The molecule has 1 aromatic heterocycles. The second-order valence-electron chi connectivity index (χ2n) is 6.77. The second-order valence-corrected chi connectivity index (χ2v) is 6.77. The van der Waals surface area contributed by atoms with E-state index >= 15 is 0 Å². The largest absolute Gasteiger partial charge is 0.455 e. The zero-order chi connectivity index (χ0) is 24.5. The molecule has 0 radical (unpaired) electrons. The summed E-state index contributed by atoms with van der Waals surface area (Å²) in [6.07, 6.45) is -1.27. The predicted octanol–water partition coefficient (Wildman–Crippen LogP) is 2.01. The molecule has 0 spiro atoms. The fourth-order valence-electron chi connectivity index (χ4n) is 2.93. The van der Waals surface area contributed by atoms with E-state index in [4.69, 9.17) is 14.2 Å². The van der Waals surface area contributed by atoms with Gasteiger partial charge in [-0.2, -0.15) is 4.98 Å². The molecular formula is C21H24FN3O8. The average molecular weight is 465 g/mol. The Bertz CT molecular complexity index is 992. The van der Waals surface area contributed by atoms with Crippen LogP contribution in [0.4, 0.5) is 15.0 Å². The predicted molar refractivity (Wildman–Crippen MR) is 113 cm³/mol. The van der Waals surface area contributed by atoms with E-state index < -0.39 is 59.9 Å². The number of amides is 1. The molecule has 1 amide bonds. The Morgan fingerprint density at radius 2 is 1.76 bits per heavy atom. The lowest BCUT2D eigenvalue weighted by Gasteiger charge is -2.24. The molecule has 0 aromatic carbocycles. The highest BCUT2D eigenvalue weighted by molar-refractivity contribution is 5.83. The molecule has 1 fully saturated rings. The van der Waals surface area contributed by atoms with E-state index in [1.54, 1.807) is 0 Å². The summed E-state index contributed by atoms with van der Waals surface area (Å²) in [5, 5.41) is 2.00. The van der Waals surface area contributed by atoms with Crippen molar-refractivity contribution in [1.29, 1.82) is 0 Å². The minimum Gasteiger partial charge on any atom is -0.455 e. The summed E-state index contributed by atoms with van der Waals surface area (Å²) in [5.74, 6) is -3.16. The molecule has 178 valence electrons. The van der Waals surface area contributed by atoms with Crippen molar-refractivity contribution in [3.8, 4) is 0 Å². The molecule has 2 heterocycles. The molecule has 1 aliphatic rings. The fraction of sp³-hybridized carbons (Fsp3) is 0.381. The number of anilines is 1. The van der Waals surface area contributed by atoms with E-state index in [0.29, 0.717) is 0 Å². The van der Waals surface area contributed by atoms with Crippen molar-refractivity contribution < 1.29 is 37.7 Å². The molecule has 2 rings (SSSR count). The van der Waals surface area contributed by atoms with Gasteiger partial charge in [0.15, 0.2) is 30.1 Å². The van der Waals surface area contributed by atoms with Gasteiger partial charge in [0.2, 0.25) is 0 Å². The van der Waals surface area contributed by atoms with Crippen molar-refractivity contribution in [2.45, 2.75) is 44.3 Å². The molecule has 12 heteroatoms. The molecule has 11 nitrogen and oxygen atoms in total. The maximum Gasteiger partial charge on any atom is 0.413 e. The van der Waals surface area contributed by atoms with Crippen LogP contribution in [-0.2, 0) is 28.5 Å². The first-order valence-electron chi connectivity index (χ1n) is 9.81. The molecule has 0 unspecified atom stereocenters. The van der Waals surface area contributed by atoms with E-state index in [1.165, 1.54) is 25.2 Å². The van der Waals surface area contributed by atoms with Gasteiger partial charge in [0.1, 0.15) is 6.61 Å². The van der Waals surface area contributed by atoms with Crippen molar-refractivity contribution >= 4 is 23.8 Å². The van der Waals surface area contributed by atoms with Crippen LogP contribution in [0.3, 0.4) is 0 Å². The number of rotatable bonds is 10. The number of ether oxygens (including phenoxy) is 4. The van der Waals surface area contributed by atoms with Gasteiger partial charge in [-0.25, -0.2) is 14.0 Å². The Balaban J connectivity index is 2.36. The van der Waals surface area contributed by atoms with Gasteiger partial charge >= 0.3 is 23.7 Å². The van der Waals surface area contributed by atoms with Crippen LogP contribution in [0.2, 0.25) is 0 Å². The summed E-state index contributed by atoms with van der Waals surface area (Å²) in [7, 11) is 0. The van der Waals surface area contributed by atoms with E-state index in [9.17, 15) is 23.6 Å². The zero-order valence-electron chi connectivity index (χ0n) is 17.9. The smallest absolute Gasteiger partial charge is 0.413 e. The standard InChI is InChI=1S/C21H24FN3O8/c1-5-8-14(26)32-16-12(4)31-19(17(16)33-15(27)9-6-2)25-11-13(22)18(23-20(25)28)24-21(29)30-10-7-3/h5-7,11-12,16-17,19H,1-3,8-10H2,4H3,(H,23,24,28,29)/t12-,16-,17-,19-/m1/s1. The first-order valence-corrected chi connectivity index (χ1v) is 9.81. The van der Waals surface area contributed by atoms with Gasteiger partial charge in [-0.15, -0.1) is 13.2 Å². The lowest BCUT2D eigenvalue weighted by Crippen LogP contribution is -2.41. The van der Waals surface area contributed by atoms with Gasteiger partial charge in [-0.3, -0.25) is 19.5 Å². The number of nitrogens with one attached hydrogen (secondary N) is 1. The molecule has 0 saturated carbocycles. The maximum absolute atomic E-state index is 14.6. The number of halogens is 1. The van der Waals surface area contributed by atoms with Gasteiger partial charge in [-0.05, 0) is 6.92 Å². The third kappa shape index (κ3) is 6.59. The molecule has 4 atom stereocenters. The Morgan fingerprint density at radius 3 is 2.33 bits per heavy atom. The third-order valence-electron chi connectivity index (χ3n) is 4.31. The van der Waals surface area contributed by atoms with E-state index in [2.05, 4.69) is 29.5 Å². The van der Waals surface area contributed by atoms with E-state index in [0.717, 1.165) is 10.8 Å². The number of carbonyl (C=O) groups excluding carboxylic acids is 3. The Hall–Kier alpha value is -3.80. The third-order valence-corrected chi connectivity index (χ3v) is 4.31. The molecule has 1 saturated heterocycles. The van der Waals surface area contributed by atoms with Crippen molar-refractivity contribution in [2.75, 3.05) is 11.9 Å². The lowest BCUT2D eigenvalue weighted by atomic mass is 10.1. The van der Waals surface area contributed by atoms with Gasteiger partial charge in [0.05, 0.1) is 25.1 Å². The first kappa shape index (κ1) is 25.5. The summed E-state index contributed by atoms with van der Waals surface area (Å²) in [6.45, 7) is 11.6. The highest BCUT2D eigenvalue weighted by Gasteiger charge is 2.49. The first-order chi connectivity index (χ1) is 15.7. The monoisotopic (exact) mass is 465 g/mol. The number of carbonyl (C=O) groups is 3. The van der Waals surface area contributed by atoms with Crippen molar-refractivity contribution in [3.05, 3.63) is 60.5 Å². The molecule has 1 N–H and O–H groups in total. The van der Waals surface area contributed by atoms with Crippen LogP contribution in [0.15, 0.2) is 49.0 Å². The SMILES string of the molecule is C=CCOC(=O)Nc1nc(=O)n([C@@H]2O[C@H](C)[C@@H](OC(=O)CC=C)[C@H]2OC(=O)CC=C)cc1F. The van der Waals surface area contributed by atoms with Gasteiger partial charge in [-0.1, -0.05) is 24.8 Å². The van der Waals surface area contributed by atoms with Crippen LogP contribution in [0.1, 0.15) is 26.0 Å². The fourth-order valence-corrected chi connectivity index (χ4v) is 2.93. The highest BCUT2D eigenvalue weighted by atomic mass is 19.1. The lowest BCUT2D eigenvalue weighted by molar-refractivity contribution is -0.167. The Labute approximate surface area is 188 Å². The number of nitrogens with zero attached hydrogens (tertiary/aromatic N) is 2. The minimum absolute atomic E-state index is 0.111. The van der Waals surface area contributed by atoms with Crippen LogP contribution >= 0.6 is 0 Å². The molecular weight excluding hydrogens is 441 g/mol. The number of aromatic nitrogens is 2. The van der Waals surface area contributed by atoms with Crippen LogP contribution in [0, 0.1) is 5.82 Å². The second kappa shape index (κ2) is 11.7. The summed E-state index contributed by atoms with van der Waals surface area (Å²) >= 11 is 0. The summed E-state index contributed by atoms with van der Waals surface area (Å²) in [6, 6.07) is 0. The van der Waals surface area contributed by atoms with Crippen LogP contribution < -0.4 is 11.0 Å². The van der Waals surface area contributed by atoms with Crippen molar-refractivity contribution in [1.82, 2.24) is 9.55 Å².